The minimum absolute atomic E-state index is 0.172. The van der Waals surface area contributed by atoms with Crippen LogP contribution in [0.2, 0.25) is 0 Å². The molecule has 0 aliphatic carbocycles. The van der Waals surface area contributed by atoms with Crippen molar-refractivity contribution in [3.63, 3.8) is 0 Å². The van der Waals surface area contributed by atoms with E-state index in [2.05, 4.69) is 10.3 Å². The first kappa shape index (κ1) is 7.78. The van der Waals surface area contributed by atoms with Gasteiger partial charge in [0.05, 0.1) is 5.69 Å². The minimum Gasteiger partial charge on any atom is -0.432 e. The third-order valence-corrected chi connectivity index (χ3v) is 1.20. The van der Waals surface area contributed by atoms with E-state index in [0.29, 0.717) is 0 Å². The zero-order valence-electron chi connectivity index (χ0n) is 6.55. The third kappa shape index (κ3) is 2.07. The maximum absolute atomic E-state index is 10.5. The third-order valence-electron chi connectivity index (χ3n) is 1.20. The highest BCUT2D eigenvalue weighted by Gasteiger charge is 2.01. The van der Waals surface area contributed by atoms with Crippen LogP contribution in [-0.4, -0.2) is 10.9 Å². The van der Waals surface area contributed by atoms with Gasteiger partial charge in [-0.05, 0) is 6.42 Å². The summed E-state index contributed by atoms with van der Waals surface area (Å²) < 4.78 is 4.92. The number of aromatic nitrogens is 1. The number of hydrogen-bond donors (Lipinski definition) is 1. The number of hydrogen-bond acceptors (Lipinski definition) is 3. The summed E-state index contributed by atoms with van der Waals surface area (Å²) in [6, 6.07) is 0.273. The first-order valence-corrected chi connectivity index (χ1v) is 3.44. The van der Waals surface area contributed by atoms with Gasteiger partial charge in [0.15, 0.2) is 0 Å². The van der Waals surface area contributed by atoms with E-state index >= 15 is 0 Å². The van der Waals surface area contributed by atoms with Crippen molar-refractivity contribution in [3.05, 3.63) is 12.0 Å². The average Bonchev–Trinajstić information content (AvgIpc) is 2.34. The second kappa shape index (κ2) is 3.18. The van der Waals surface area contributed by atoms with Gasteiger partial charge in [0, 0.05) is 6.92 Å². The highest BCUT2D eigenvalue weighted by Crippen LogP contribution is 2.06. The molecule has 0 aliphatic rings. The van der Waals surface area contributed by atoms with Gasteiger partial charge in [-0.15, -0.1) is 0 Å². The zero-order chi connectivity index (χ0) is 8.27. The molecule has 0 aliphatic heterocycles. The van der Waals surface area contributed by atoms with E-state index in [1.54, 1.807) is 0 Å². The Hall–Kier alpha value is -1.32. The smallest absolute Gasteiger partial charge is 0.301 e. The van der Waals surface area contributed by atoms with Gasteiger partial charge in [-0.1, -0.05) is 6.92 Å². The van der Waals surface area contributed by atoms with Crippen molar-refractivity contribution >= 4 is 11.9 Å². The fraction of sp³-hybridized carbons (Fsp3) is 0.429. The molecule has 1 amide bonds. The summed E-state index contributed by atoms with van der Waals surface area (Å²) in [7, 11) is 0. The van der Waals surface area contributed by atoms with Gasteiger partial charge in [0.1, 0.15) is 6.26 Å². The number of carbonyl (C=O) groups excluding carboxylic acids is 1. The Balaban J connectivity index is 2.65. The van der Waals surface area contributed by atoms with Gasteiger partial charge in [-0.2, -0.15) is 4.98 Å². The number of anilines is 1. The summed E-state index contributed by atoms with van der Waals surface area (Å²) in [5.41, 5.74) is 0.841. The van der Waals surface area contributed by atoms with Crippen LogP contribution in [0.15, 0.2) is 10.7 Å². The molecule has 60 valence electrons. The molecule has 0 saturated heterocycles. The summed E-state index contributed by atoms with van der Waals surface area (Å²) >= 11 is 0. The van der Waals surface area contributed by atoms with Gasteiger partial charge in [-0.3, -0.25) is 10.1 Å². The minimum atomic E-state index is -0.172. The van der Waals surface area contributed by atoms with Crippen molar-refractivity contribution in [2.45, 2.75) is 20.3 Å². The second-order valence-electron chi connectivity index (χ2n) is 2.18. The van der Waals surface area contributed by atoms with Crippen LogP contribution in [0.3, 0.4) is 0 Å². The molecule has 11 heavy (non-hydrogen) atoms. The lowest BCUT2D eigenvalue weighted by molar-refractivity contribution is -0.114. The van der Waals surface area contributed by atoms with Crippen molar-refractivity contribution in [1.29, 1.82) is 0 Å². The molecule has 0 radical (unpaired) electrons. The highest BCUT2D eigenvalue weighted by molar-refractivity contribution is 5.86. The van der Waals surface area contributed by atoms with Crippen LogP contribution in [0, 0.1) is 0 Å². The lowest BCUT2D eigenvalue weighted by atomic mass is 10.4. The van der Waals surface area contributed by atoms with Crippen LogP contribution in [-0.2, 0) is 11.2 Å². The largest absolute Gasteiger partial charge is 0.432 e. The number of aryl methyl sites for hydroxylation is 1. The highest BCUT2D eigenvalue weighted by atomic mass is 16.4. The quantitative estimate of drug-likeness (QED) is 0.696. The van der Waals surface area contributed by atoms with E-state index in [0.717, 1.165) is 12.1 Å². The fourth-order valence-corrected chi connectivity index (χ4v) is 0.677. The zero-order valence-corrected chi connectivity index (χ0v) is 6.55. The van der Waals surface area contributed by atoms with Crippen LogP contribution in [0.25, 0.3) is 0 Å². The Labute approximate surface area is 64.6 Å². The monoisotopic (exact) mass is 154 g/mol. The molecule has 0 spiro atoms. The summed E-state index contributed by atoms with van der Waals surface area (Å²) in [6.45, 7) is 3.38. The van der Waals surface area contributed by atoms with Gasteiger partial charge in [0.25, 0.3) is 0 Å². The van der Waals surface area contributed by atoms with Crippen LogP contribution in [0.5, 0.6) is 0 Å². The van der Waals surface area contributed by atoms with Crippen molar-refractivity contribution in [1.82, 2.24) is 4.98 Å². The molecule has 1 N–H and O–H groups in total. The number of oxazole rings is 1. The fourth-order valence-electron chi connectivity index (χ4n) is 0.677. The lowest BCUT2D eigenvalue weighted by Crippen LogP contribution is -2.05. The lowest BCUT2D eigenvalue weighted by Gasteiger charge is -1.90. The van der Waals surface area contributed by atoms with Crippen molar-refractivity contribution in [3.8, 4) is 0 Å². The number of nitrogens with zero attached hydrogens (tertiary/aromatic N) is 1. The molecule has 0 unspecified atom stereocenters. The summed E-state index contributed by atoms with van der Waals surface area (Å²) in [5.74, 6) is -0.172. The summed E-state index contributed by atoms with van der Waals surface area (Å²) in [6.07, 6.45) is 2.34. The van der Waals surface area contributed by atoms with Gasteiger partial charge in [0.2, 0.25) is 5.91 Å². The van der Waals surface area contributed by atoms with Gasteiger partial charge in [-0.25, -0.2) is 0 Å². The molecular weight excluding hydrogens is 144 g/mol. The Bertz CT molecular complexity index is 255. The van der Waals surface area contributed by atoms with Crippen LogP contribution < -0.4 is 5.32 Å². The standard InChI is InChI=1S/C7H10N2O2/c1-3-6-4-11-7(9-6)8-5(2)10/h4H,3H2,1-2H3,(H,8,9,10). The first-order chi connectivity index (χ1) is 5.22. The van der Waals surface area contributed by atoms with Gasteiger partial charge < -0.3 is 4.42 Å². The Kier molecular flexibility index (Phi) is 2.25. The molecule has 0 fully saturated rings. The van der Waals surface area contributed by atoms with E-state index in [1.807, 2.05) is 6.92 Å². The molecule has 0 saturated carbocycles. The number of carbonyl (C=O) groups is 1. The molecule has 1 heterocycles. The van der Waals surface area contributed by atoms with Crippen molar-refractivity contribution in [2.75, 3.05) is 5.32 Å². The Morgan fingerprint density at radius 2 is 2.55 bits per heavy atom. The van der Waals surface area contributed by atoms with E-state index < -0.39 is 0 Å². The number of nitrogens with one attached hydrogen (secondary N) is 1. The predicted octanol–water partition coefficient (Wildman–Crippen LogP) is 1.20. The Morgan fingerprint density at radius 1 is 1.82 bits per heavy atom. The second-order valence-corrected chi connectivity index (χ2v) is 2.18. The van der Waals surface area contributed by atoms with Crippen LogP contribution in [0.1, 0.15) is 19.5 Å². The van der Waals surface area contributed by atoms with E-state index in [4.69, 9.17) is 4.42 Å². The maximum Gasteiger partial charge on any atom is 0.301 e. The molecule has 1 aromatic rings. The average molecular weight is 154 g/mol. The summed E-state index contributed by atoms with van der Waals surface area (Å²) in [4.78, 5) is 14.5. The topological polar surface area (TPSA) is 55.1 Å². The molecular formula is C7H10N2O2. The van der Waals surface area contributed by atoms with E-state index in [-0.39, 0.29) is 11.9 Å². The molecule has 4 heteroatoms. The SMILES string of the molecule is CCc1coc(NC(C)=O)n1. The normalized spacial score (nSPS) is 9.64. The van der Waals surface area contributed by atoms with Crippen molar-refractivity contribution in [2.24, 2.45) is 0 Å². The molecule has 0 aromatic carbocycles. The van der Waals surface area contributed by atoms with Gasteiger partial charge >= 0.3 is 6.01 Å². The molecule has 1 aromatic heterocycles. The Morgan fingerprint density at radius 3 is 3.00 bits per heavy atom. The molecule has 0 atom stereocenters. The van der Waals surface area contributed by atoms with E-state index in [9.17, 15) is 4.79 Å². The van der Waals surface area contributed by atoms with Crippen LogP contribution >= 0.6 is 0 Å². The van der Waals surface area contributed by atoms with E-state index in [1.165, 1.54) is 13.2 Å². The molecule has 0 bridgehead atoms. The number of rotatable bonds is 2. The predicted molar refractivity (Wildman–Crippen MR) is 40.2 cm³/mol. The summed E-state index contributed by atoms with van der Waals surface area (Å²) in [5, 5.41) is 2.44. The maximum atomic E-state index is 10.5. The molecule has 1 rings (SSSR count). The first-order valence-electron chi connectivity index (χ1n) is 3.44. The van der Waals surface area contributed by atoms with Crippen molar-refractivity contribution < 1.29 is 9.21 Å². The van der Waals surface area contributed by atoms with Crippen LogP contribution in [0.4, 0.5) is 6.01 Å². The number of amides is 1. The molecule has 4 nitrogen and oxygen atoms in total.